The van der Waals surface area contributed by atoms with Crippen LogP contribution in [0.25, 0.3) is 17.4 Å². The number of amides is 1. The highest BCUT2D eigenvalue weighted by Crippen LogP contribution is 2.37. The Labute approximate surface area is 187 Å². The minimum Gasteiger partial charge on any atom is -0.457 e. The van der Waals surface area contributed by atoms with E-state index in [0.717, 1.165) is 11.8 Å². The van der Waals surface area contributed by atoms with Crippen molar-refractivity contribution in [2.75, 3.05) is 0 Å². The molecule has 148 valence electrons. The van der Waals surface area contributed by atoms with E-state index in [2.05, 4.69) is 6.58 Å². The lowest BCUT2D eigenvalue weighted by Crippen LogP contribution is -2.26. The van der Waals surface area contributed by atoms with E-state index in [0.29, 0.717) is 32.0 Å². The minimum atomic E-state index is -0.492. The molecule has 1 amide bonds. The highest BCUT2D eigenvalue weighted by atomic mass is 35.5. The molecule has 1 aliphatic rings. The van der Waals surface area contributed by atoms with Crippen molar-refractivity contribution in [2.45, 2.75) is 6.92 Å². The summed E-state index contributed by atoms with van der Waals surface area (Å²) in [5, 5.41) is 0.978. The normalized spacial score (nSPS) is 16.8. The number of furan rings is 1. The summed E-state index contributed by atoms with van der Waals surface area (Å²) in [6.07, 6.45) is 5.45. The molecule has 0 aliphatic carbocycles. The van der Waals surface area contributed by atoms with Crippen molar-refractivity contribution in [1.29, 1.82) is 0 Å². The van der Waals surface area contributed by atoms with Crippen LogP contribution in [-0.2, 0) is 4.79 Å². The van der Waals surface area contributed by atoms with Crippen LogP contribution in [0.5, 0.6) is 0 Å². The number of carbonyl (C=O) groups is 1. The second-order valence-corrected chi connectivity index (χ2v) is 8.31. The zero-order valence-corrected chi connectivity index (χ0v) is 18.3. The average Bonchev–Trinajstić information content (AvgIpc) is 3.24. The molecule has 1 saturated heterocycles. The van der Waals surface area contributed by atoms with Crippen LogP contribution < -0.4 is 0 Å². The Morgan fingerprint density at radius 1 is 1.31 bits per heavy atom. The zero-order chi connectivity index (χ0) is 21.1. The third kappa shape index (κ3) is 4.73. The van der Waals surface area contributed by atoms with Crippen molar-refractivity contribution in [3.8, 4) is 11.3 Å². The fourth-order valence-electron chi connectivity index (χ4n) is 2.52. The number of hydrogen-bond donors (Lipinski definition) is 0. The van der Waals surface area contributed by atoms with Gasteiger partial charge in [0.1, 0.15) is 17.3 Å². The van der Waals surface area contributed by atoms with E-state index >= 15 is 0 Å². The highest BCUT2D eigenvalue weighted by molar-refractivity contribution is 8.26. The van der Waals surface area contributed by atoms with Gasteiger partial charge in [0.05, 0.1) is 15.6 Å². The maximum atomic E-state index is 13.6. The monoisotopic (exact) mass is 465 g/mol. The first-order valence-electron chi connectivity index (χ1n) is 8.33. The third-order valence-electron chi connectivity index (χ3n) is 3.92. The molecule has 2 aromatic rings. The number of hydrogen-bond acceptors (Lipinski definition) is 4. The molecule has 0 bridgehead atoms. The second kappa shape index (κ2) is 9.13. The van der Waals surface area contributed by atoms with Crippen LogP contribution in [0.4, 0.5) is 4.39 Å². The predicted molar refractivity (Wildman–Crippen MR) is 122 cm³/mol. The van der Waals surface area contributed by atoms with Crippen molar-refractivity contribution < 1.29 is 13.6 Å². The van der Waals surface area contributed by atoms with Crippen molar-refractivity contribution >= 4 is 63.5 Å². The first-order chi connectivity index (χ1) is 13.8. The smallest absolute Gasteiger partial charge is 0.270 e. The molecule has 2 heterocycles. The molecule has 1 aliphatic heterocycles. The lowest BCUT2D eigenvalue weighted by molar-refractivity contribution is -0.120. The lowest BCUT2D eigenvalue weighted by Gasteiger charge is -2.15. The molecule has 3 nitrogen and oxygen atoms in total. The van der Waals surface area contributed by atoms with E-state index in [1.165, 1.54) is 23.1 Å². The summed E-state index contributed by atoms with van der Waals surface area (Å²) in [5.74, 6) is 0.122. The molecule has 1 aromatic heterocycles. The molecule has 0 saturated carbocycles. The van der Waals surface area contributed by atoms with Crippen molar-refractivity contribution in [3.05, 3.63) is 87.4 Å². The fraction of sp³-hybridized carbons (Fsp3) is 0.0476. The number of benzene rings is 1. The molecule has 1 aromatic carbocycles. The molecule has 0 spiro atoms. The minimum absolute atomic E-state index is 0.264. The lowest BCUT2D eigenvalue weighted by atomic mass is 10.2. The Morgan fingerprint density at radius 2 is 2.07 bits per heavy atom. The van der Waals surface area contributed by atoms with Crippen molar-refractivity contribution in [2.24, 2.45) is 0 Å². The first kappa shape index (κ1) is 21.6. The largest absolute Gasteiger partial charge is 0.457 e. The molecular weight excluding hydrogens is 452 g/mol. The van der Waals surface area contributed by atoms with Crippen molar-refractivity contribution in [3.63, 3.8) is 0 Å². The van der Waals surface area contributed by atoms with Gasteiger partial charge in [-0.05, 0) is 49.4 Å². The Hall–Kier alpha value is -2.12. The zero-order valence-electron chi connectivity index (χ0n) is 15.1. The molecular formula is C21H14Cl2FNO2S2. The second-order valence-electron chi connectivity index (χ2n) is 5.79. The molecule has 0 N–H and O–H groups in total. The molecule has 0 radical (unpaired) electrons. The van der Waals surface area contributed by atoms with Crippen LogP contribution in [0.15, 0.2) is 76.0 Å². The Morgan fingerprint density at radius 3 is 2.72 bits per heavy atom. The van der Waals surface area contributed by atoms with Crippen LogP contribution in [-0.4, -0.2) is 15.1 Å². The van der Waals surface area contributed by atoms with E-state index in [4.69, 9.17) is 39.8 Å². The first-order valence-corrected chi connectivity index (χ1v) is 10.3. The number of carbonyl (C=O) groups excluding carboxylic acids is 1. The number of thiocarbonyl (C=S) groups is 1. The number of allylic oxidation sites excluding steroid dienone is 4. The van der Waals surface area contributed by atoms with Gasteiger partial charge < -0.3 is 4.42 Å². The maximum absolute atomic E-state index is 13.6. The number of halogens is 3. The van der Waals surface area contributed by atoms with Crippen LogP contribution in [0.1, 0.15) is 12.7 Å². The summed E-state index contributed by atoms with van der Waals surface area (Å²) in [5.41, 5.74) is 0.946. The molecule has 0 atom stereocenters. The van der Waals surface area contributed by atoms with Crippen LogP contribution in [0, 0.1) is 0 Å². The van der Waals surface area contributed by atoms with Gasteiger partial charge in [-0.15, -0.1) is 0 Å². The Kier molecular flexibility index (Phi) is 6.80. The van der Waals surface area contributed by atoms with Gasteiger partial charge in [-0.25, -0.2) is 4.39 Å². The molecule has 8 heteroatoms. The Balaban J connectivity index is 1.90. The van der Waals surface area contributed by atoms with Gasteiger partial charge in [-0.3, -0.25) is 9.69 Å². The quantitative estimate of drug-likeness (QED) is 0.261. The SMILES string of the molecule is C=C/C(=C\C(F)=C/C)N1C(=O)/C(=C/c2ccc(-c3ccc(Cl)cc3Cl)o2)SC1=S. The van der Waals surface area contributed by atoms with Gasteiger partial charge in [0, 0.05) is 16.7 Å². The summed E-state index contributed by atoms with van der Waals surface area (Å²) in [4.78, 5) is 14.4. The van der Waals surface area contributed by atoms with E-state index in [1.54, 1.807) is 43.3 Å². The number of rotatable bonds is 5. The van der Waals surface area contributed by atoms with Gasteiger partial charge in [0.25, 0.3) is 5.91 Å². The molecule has 29 heavy (non-hydrogen) atoms. The summed E-state index contributed by atoms with van der Waals surface area (Å²) in [7, 11) is 0. The standard InChI is InChI=1S/C21H14Cl2FNO2S2/c1-3-13(24)10-14(4-2)25-20(26)19(29-21(25)28)11-15-6-8-18(27-15)16-7-5-12(22)9-17(16)23/h3-11H,2H2,1H3/b13-3+,14-10+,19-11-. The van der Waals surface area contributed by atoms with Gasteiger partial charge in [0.2, 0.25) is 0 Å². The van der Waals surface area contributed by atoms with Gasteiger partial charge >= 0.3 is 0 Å². The molecule has 3 rings (SSSR count). The summed E-state index contributed by atoms with van der Waals surface area (Å²) in [6, 6.07) is 8.56. The van der Waals surface area contributed by atoms with Crippen molar-refractivity contribution in [1.82, 2.24) is 4.90 Å². The average molecular weight is 466 g/mol. The van der Waals surface area contributed by atoms with E-state index in [-0.39, 0.29) is 15.9 Å². The third-order valence-corrected chi connectivity index (χ3v) is 5.77. The van der Waals surface area contributed by atoms with E-state index < -0.39 is 5.83 Å². The predicted octanol–water partition coefficient (Wildman–Crippen LogP) is 7.40. The van der Waals surface area contributed by atoms with Crippen LogP contribution in [0.3, 0.4) is 0 Å². The summed E-state index contributed by atoms with van der Waals surface area (Å²) >= 11 is 18.5. The molecule has 0 unspecified atom stereocenters. The summed E-state index contributed by atoms with van der Waals surface area (Å²) in [6.45, 7) is 5.19. The summed E-state index contributed by atoms with van der Waals surface area (Å²) < 4.78 is 19.7. The fourth-order valence-corrected chi connectivity index (χ4v) is 4.30. The van der Waals surface area contributed by atoms with Gasteiger partial charge in [0.15, 0.2) is 4.32 Å². The van der Waals surface area contributed by atoms with Gasteiger partial charge in [-0.2, -0.15) is 0 Å². The van der Waals surface area contributed by atoms with E-state index in [9.17, 15) is 9.18 Å². The van der Waals surface area contributed by atoms with E-state index in [1.807, 2.05) is 0 Å². The topological polar surface area (TPSA) is 33.5 Å². The highest BCUT2D eigenvalue weighted by Gasteiger charge is 2.34. The van der Waals surface area contributed by atoms with Crippen LogP contribution in [0.2, 0.25) is 10.0 Å². The van der Waals surface area contributed by atoms with Gasteiger partial charge in [-0.1, -0.05) is 59.8 Å². The van der Waals surface area contributed by atoms with Crippen LogP contribution >= 0.6 is 47.2 Å². The number of nitrogens with zero attached hydrogens (tertiary/aromatic N) is 1. The Bertz CT molecular complexity index is 1100. The molecule has 1 fully saturated rings. The number of thioether (sulfide) groups is 1. The maximum Gasteiger partial charge on any atom is 0.270 e.